The van der Waals surface area contributed by atoms with Crippen LogP contribution in [-0.2, 0) is 23.9 Å². The molecule has 8 nitrogen and oxygen atoms in total. The number of ether oxygens (including phenoxy) is 2. The number of anilines is 1. The Morgan fingerprint density at radius 3 is 2.65 bits per heavy atom. The topological polar surface area (TPSA) is 96.4 Å². The van der Waals surface area contributed by atoms with Crippen LogP contribution in [0.25, 0.3) is 10.8 Å². The molecule has 0 radical (unpaired) electrons. The van der Waals surface area contributed by atoms with Gasteiger partial charge in [0.05, 0.1) is 18.1 Å². The van der Waals surface area contributed by atoms with E-state index in [0.717, 1.165) is 10.8 Å². The summed E-state index contributed by atoms with van der Waals surface area (Å²) in [4.78, 5) is 44.3. The van der Waals surface area contributed by atoms with Gasteiger partial charge in [-0.15, -0.1) is 6.58 Å². The van der Waals surface area contributed by atoms with Gasteiger partial charge in [0.15, 0.2) is 0 Å². The highest BCUT2D eigenvalue weighted by Crippen LogP contribution is 2.63. The van der Waals surface area contributed by atoms with Crippen LogP contribution in [0.3, 0.4) is 0 Å². The maximum absolute atomic E-state index is 14.4. The molecule has 0 saturated carbocycles. The van der Waals surface area contributed by atoms with Crippen molar-refractivity contribution in [3.63, 3.8) is 0 Å². The number of fused-ring (bicyclic) bond motifs is 2. The number of hydrogen-bond donors (Lipinski definition) is 1. The maximum Gasteiger partial charge on any atom is 0.313 e. The van der Waals surface area contributed by atoms with Gasteiger partial charge >= 0.3 is 5.97 Å². The van der Waals surface area contributed by atoms with Crippen molar-refractivity contribution in [2.45, 2.75) is 37.0 Å². The van der Waals surface area contributed by atoms with E-state index in [2.05, 4.69) is 13.2 Å². The zero-order valence-electron chi connectivity index (χ0n) is 21.0. The van der Waals surface area contributed by atoms with Crippen LogP contribution in [0.4, 0.5) is 5.69 Å². The SMILES string of the molecule is C=CCOC(=O)[C@@H]1[C@H]2C(=O)N(CCO)C(C(=O)N(CC=C)c3ccc4ccccc4c3)C23CC[C@@]1(C)O3. The summed E-state index contributed by atoms with van der Waals surface area (Å²) < 4.78 is 11.9. The molecule has 2 aromatic rings. The van der Waals surface area contributed by atoms with E-state index in [0.29, 0.717) is 18.5 Å². The van der Waals surface area contributed by atoms with Crippen molar-refractivity contribution in [1.29, 1.82) is 0 Å². The van der Waals surface area contributed by atoms with E-state index in [-0.39, 0.29) is 38.1 Å². The molecule has 194 valence electrons. The fraction of sp³-hybridized carbons (Fsp3) is 0.414. The fourth-order valence-corrected chi connectivity index (χ4v) is 6.59. The van der Waals surface area contributed by atoms with Gasteiger partial charge in [-0.2, -0.15) is 0 Å². The first-order valence-corrected chi connectivity index (χ1v) is 12.6. The molecule has 3 aliphatic heterocycles. The van der Waals surface area contributed by atoms with Crippen molar-refractivity contribution in [3.8, 4) is 0 Å². The molecule has 2 bridgehead atoms. The molecule has 3 heterocycles. The summed E-state index contributed by atoms with van der Waals surface area (Å²) in [6, 6.07) is 12.6. The van der Waals surface area contributed by atoms with E-state index in [4.69, 9.17) is 9.47 Å². The molecule has 1 N–H and O–H groups in total. The average Bonchev–Trinajstić information content (AvgIpc) is 3.46. The lowest BCUT2D eigenvalue weighted by atomic mass is 9.66. The van der Waals surface area contributed by atoms with Crippen LogP contribution >= 0.6 is 0 Å². The Bertz CT molecular complexity index is 1280. The van der Waals surface area contributed by atoms with Crippen molar-refractivity contribution in [3.05, 3.63) is 67.8 Å². The van der Waals surface area contributed by atoms with Gasteiger partial charge in [-0.05, 0) is 42.7 Å². The second kappa shape index (κ2) is 9.43. The number of aliphatic hydroxyl groups excluding tert-OH is 1. The van der Waals surface area contributed by atoms with Crippen LogP contribution in [0.2, 0.25) is 0 Å². The fourth-order valence-electron chi connectivity index (χ4n) is 6.59. The van der Waals surface area contributed by atoms with E-state index in [1.165, 1.54) is 11.0 Å². The summed E-state index contributed by atoms with van der Waals surface area (Å²) in [6.07, 6.45) is 4.07. The molecule has 1 spiro atoms. The number of nitrogens with zero attached hydrogens (tertiary/aromatic N) is 2. The van der Waals surface area contributed by atoms with Gasteiger partial charge in [0.2, 0.25) is 5.91 Å². The second-order valence-corrected chi connectivity index (χ2v) is 10.2. The molecule has 0 aliphatic carbocycles. The first-order valence-electron chi connectivity index (χ1n) is 12.6. The molecule has 2 aromatic carbocycles. The van der Waals surface area contributed by atoms with Crippen LogP contribution in [0.15, 0.2) is 67.8 Å². The van der Waals surface area contributed by atoms with Gasteiger partial charge in [0.25, 0.3) is 5.91 Å². The van der Waals surface area contributed by atoms with Crippen molar-refractivity contribution in [2.24, 2.45) is 11.8 Å². The lowest BCUT2D eigenvalue weighted by molar-refractivity contribution is -0.158. The second-order valence-electron chi connectivity index (χ2n) is 10.2. The minimum atomic E-state index is -1.19. The van der Waals surface area contributed by atoms with E-state index in [9.17, 15) is 19.5 Å². The Morgan fingerprint density at radius 2 is 1.95 bits per heavy atom. The minimum absolute atomic E-state index is 0.0249. The highest BCUT2D eigenvalue weighted by molar-refractivity contribution is 6.05. The van der Waals surface area contributed by atoms with Crippen LogP contribution in [0.1, 0.15) is 19.8 Å². The summed E-state index contributed by atoms with van der Waals surface area (Å²) in [5, 5.41) is 11.8. The summed E-state index contributed by atoms with van der Waals surface area (Å²) >= 11 is 0. The van der Waals surface area contributed by atoms with E-state index >= 15 is 0 Å². The van der Waals surface area contributed by atoms with Gasteiger partial charge < -0.3 is 24.4 Å². The summed E-state index contributed by atoms with van der Waals surface area (Å²) in [5.74, 6) is -2.94. The number of amides is 2. The molecule has 8 heteroatoms. The summed E-state index contributed by atoms with van der Waals surface area (Å²) in [5.41, 5.74) is -1.44. The third-order valence-electron chi connectivity index (χ3n) is 8.07. The third-order valence-corrected chi connectivity index (χ3v) is 8.07. The molecule has 3 aliphatic rings. The zero-order chi connectivity index (χ0) is 26.4. The molecular formula is C29H32N2O6. The Kier molecular flexibility index (Phi) is 6.41. The Labute approximate surface area is 216 Å². The number of hydrogen-bond acceptors (Lipinski definition) is 6. The number of carbonyl (C=O) groups excluding carboxylic acids is 3. The normalized spacial score (nSPS) is 29.8. The van der Waals surface area contributed by atoms with E-state index in [1.807, 2.05) is 49.4 Å². The minimum Gasteiger partial charge on any atom is -0.461 e. The van der Waals surface area contributed by atoms with Gasteiger partial charge in [-0.3, -0.25) is 14.4 Å². The van der Waals surface area contributed by atoms with Crippen molar-refractivity contribution in [1.82, 2.24) is 4.90 Å². The average molecular weight is 505 g/mol. The number of likely N-dealkylation sites (tertiary alicyclic amines) is 1. The van der Waals surface area contributed by atoms with Crippen molar-refractivity contribution >= 4 is 34.2 Å². The number of carbonyl (C=O) groups is 3. The van der Waals surface area contributed by atoms with E-state index < -0.39 is 35.0 Å². The van der Waals surface area contributed by atoms with E-state index in [1.54, 1.807) is 11.0 Å². The summed E-state index contributed by atoms with van der Waals surface area (Å²) in [7, 11) is 0. The number of benzene rings is 2. The molecule has 3 fully saturated rings. The van der Waals surface area contributed by atoms with Crippen LogP contribution in [0.5, 0.6) is 0 Å². The molecule has 5 rings (SSSR count). The lowest BCUT2D eigenvalue weighted by Gasteiger charge is -2.36. The van der Waals surface area contributed by atoms with Crippen molar-refractivity contribution in [2.75, 3.05) is 31.2 Å². The number of β-amino-alcohol motifs (C(OH)–C–C–N with tert-alkyl or cyclic N) is 1. The lowest BCUT2D eigenvalue weighted by Crippen LogP contribution is -2.56. The quantitative estimate of drug-likeness (QED) is 0.417. The number of aliphatic hydroxyl groups is 1. The number of esters is 1. The Morgan fingerprint density at radius 1 is 1.19 bits per heavy atom. The standard InChI is InChI=1S/C29H32N2O6/c1-4-14-30(21-11-10-19-8-6-7-9-20(19)18-21)26(34)24-29-13-12-28(3,37-29)23(27(35)36-17-5-2)22(29)25(33)31(24)15-16-32/h4-11,18,22-24,32H,1-2,12-17H2,3H3/t22-,23-,24?,28+,29?/m0/s1. The van der Waals surface area contributed by atoms with Crippen LogP contribution in [-0.4, -0.2) is 71.3 Å². The first-order chi connectivity index (χ1) is 17.8. The molecular weight excluding hydrogens is 472 g/mol. The first kappa shape index (κ1) is 25.2. The molecule has 3 saturated heterocycles. The molecule has 0 aromatic heterocycles. The van der Waals surface area contributed by atoms with Gasteiger partial charge in [0, 0.05) is 18.8 Å². The van der Waals surface area contributed by atoms with Crippen LogP contribution < -0.4 is 4.90 Å². The molecule has 37 heavy (non-hydrogen) atoms. The van der Waals surface area contributed by atoms with Gasteiger partial charge in [-0.25, -0.2) is 0 Å². The maximum atomic E-state index is 14.4. The molecule has 2 unspecified atom stereocenters. The predicted molar refractivity (Wildman–Crippen MR) is 139 cm³/mol. The smallest absolute Gasteiger partial charge is 0.313 e. The Hall–Kier alpha value is -3.49. The number of rotatable bonds is 9. The monoisotopic (exact) mass is 504 g/mol. The largest absolute Gasteiger partial charge is 0.461 e. The third kappa shape index (κ3) is 3.78. The summed E-state index contributed by atoms with van der Waals surface area (Å²) in [6.45, 7) is 9.13. The van der Waals surface area contributed by atoms with Gasteiger partial charge in [0.1, 0.15) is 24.2 Å². The Balaban J connectivity index is 1.57. The predicted octanol–water partition coefficient (Wildman–Crippen LogP) is 2.85. The highest BCUT2D eigenvalue weighted by atomic mass is 16.6. The van der Waals surface area contributed by atoms with Crippen molar-refractivity contribution < 1.29 is 29.0 Å². The van der Waals surface area contributed by atoms with Gasteiger partial charge in [-0.1, -0.05) is 49.1 Å². The molecule has 2 amide bonds. The highest BCUT2D eigenvalue weighted by Gasteiger charge is 2.78. The zero-order valence-corrected chi connectivity index (χ0v) is 21.0. The molecule has 5 atom stereocenters. The van der Waals surface area contributed by atoms with Crippen LogP contribution in [0, 0.1) is 11.8 Å².